The molecule has 1 unspecified atom stereocenters. The van der Waals surface area contributed by atoms with E-state index in [-0.39, 0.29) is 5.41 Å². The predicted octanol–water partition coefficient (Wildman–Crippen LogP) is 2.94. The molecular formula is C16H22FN. The summed E-state index contributed by atoms with van der Waals surface area (Å²) in [5.74, 6) is 0. The van der Waals surface area contributed by atoms with Gasteiger partial charge in [0.1, 0.15) is 5.67 Å². The lowest BCUT2D eigenvalue weighted by Crippen LogP contribution is -2.38. The Morgan fingerprint density at radius 2 is 1.72 bits per heavy atom. The van der Waals surface area contributed by atoms with Crippen LogP contribution < -0.4 is 5.32 Å². The summed E-state index contributed by atoms with van der Waals surface area (Å²) in [5.41, 5.74) is 3.88. The number of halogens is 1. The second-order valence-electron chi connectivity index (χ2n) is 6.49. The molecule has 1 aromatic carbocycles. The molecule has 2 heteroatoms. The minimum atomic E-state index is -1.12. The van der Waals surface area contributed by atoms with Crippen molar-refractivity contribution in [1.29, 1.82) is 0 Å². The fourth-order valence-corrected chi connectivity index (χ4v) is 3.59. The molecule has 1 aliphatic heterocycles. The second kappa shape index (κ2) is 3.80. The lowest BCUT2D eigenvalue weighted by atomic mass is 9.74. The third kappa shape index (κ3) is 1.55. The van der Waals surface area contributed by atoms with Gasteiger partial charge in [-0.2, -0.15) is 0 Å². The Kier molecular flexibility index (Phi) is 2.57. The molecule has 0 saturated carbocycles. The minimum Gasteiger partial charge on any atom is -0.316 e. The number of nitrogens with one attached hydrogen (secondary N) is 1. The van der Waals surface area contributed by atoms with Crippen LogP contribution in [-0.2, 0) is 24.7 Å². The van der Waals surface area contributed by atoms with Crippen molar-refractivity contribution in [2.24, 2.45) is 0 Å². The maximum Gasteiger partial charge on any atom is 0.121 e. The standard InChI is InChI=1S/C16H22FN/c1-15(2)14-12(10-16(15,3)17)5-4-11-6-8-18-9-7-13(11)14/h4-5,18H,6-10H2,1-3H3. The zero-order chi connectivity index (χ0) is 13.0. The van der Waals surface area contributed by atoms with Crippen molar-refractivity contribution in [2.45, 2.75) is 51.1 Å². The molecule has 3 rings (SSSR count). The molecule has 0 radical (unpaired) electrons. The van der Waals surface area contributed by atoms with Gasteiger partial charge in [-0.3, -0.25) is 0 Å². The molecule has 1 N–H and O–H groups in total. The monoisotopic (exact) mass is 247 g/mol. The van der Waals surface area contributed by atoms with Gasteiger partial charge in [-0.1, -0.05) is 26.0 Å². The first-order valence-corrected chi connectivity index (χ1v) is 6.97. The van der Waals surface area contributed by atoms with E-state index in [9.17, 15) is 4.39 Å². The molecule has 98 valence electrons. The molecule has 0 amide bonds. The van der Waals surface area contributed by atoms with Gasteiger partial charge in [-0.05, 0) is 55.1 Å². The average molecular weight is 247 g/mol. The van der Waals surface area contributed by atoms with Gasteiger partial charge in [0.15, 0.2) is 0 Å². The van der Waals surface area contributed by atoms with E-state index in [0.29, 0.717) is 6.42 Å². The second-order valence-corrected chi connectivity index (χ2v) is 6.49. The fraction of sp³-hybridized carbons (Fsp3) is 0.625. The van der Waals surface area contributed by atoms with Gasteiger partial charge in [0.2, 0.25) is 0 Å². The third-order valence-corrected chi connectivity index (χ3v) is 5.07. The molecule has 2 aliphatic rings. The van der Waals surface area contributed by atoms with Crippen molar-refractivity contribution in [3.05, 3.63) is 34.4 Å². The summed E-state index contributed by atoms with van der Waals surface area (Å²) in [5, 5.41) is 3.44. The molecule has 0 spiro atoms. The van der Waals surface area contributed by atoms with Gasteiger partial charge < -0.3 is 5.32 Å². The van der Waals surface area contributed by atoms with Gasteiger partial charge in [-0.15, -0.1) is 0 Å². The van der Waals surface area contributed by atoms with E-state index in [1.54, 1.807) is 6.92 Å². The normalized spacial score (nSPS) is 29.6. The van der Waals surface area contributed by atoms with Gasteiger partial charge >= 0.3 is 0 Å². The van der Waals surface area contributed by atoms with Gasteiger partial charge in [-0.25, -0.2) is 4.39 Å². The Balaban J connectivity index is 2.20. The maximum atomic E-state index is 14.8. The molecule has 0 saturated heterocycles. The van der Waals surface area contributed by atoms with Gasteiger partial charge in [0.05, 0.1) is 0 Å². The van der Waals surface area contributed by atoms with Crippen LogP contribution in [0.3, 0.4) is 0 Å². The summed E-state index contributed by atoms with van der Waals surface area (Å²) < 4.78 is 14.8. The van der Waals surface area contributed by atoms with E-state index in [4.69, 9.17) is 0 Å². The van der Waals surface area contributed by atoms with E-state index in [2.05, 4.69) is 31.3 Å². The molecule has 1 atom stereocenters. The summed E-state index contributed by atoms with van der Waals surface area (Å²) in [7, 11) is 0. The highest BCUT2D eigenvalue weighted by Crippen LogP contribution is 2.50. The van der Waals surface area contributed by atoms with Crippen molar-refractivity contribution < 1.29 is 4.39 Å². The first kappa shape index (κ1) is 12.2. The number of alkyl halides is 1. The fourth-order valence-electron chi connectivity index (χ4n) is 3.59. The minimum absolute atomic E-state index is 0.363. The number of hydrogen-bond donors (Lipinski definition) is 1. The van der Waals surface area contributed by atoms with Crippen LogP contribution in [0.2, 0.25) is 0 Å². The van der Waals surface area contributed by atoms with Crippen LogP contribution in [-0.4, -0.2) is 18.8 Å². The zero-order valence-corrected chi connectivity index (χ0v) is 11.6. The highest BCUT2D eigenvalue weighted by atomic mass is 19.1. The summed E-state index contributed by atoms with van der Waals surface area (Å²) in [6, 6.07) is 4.38. The topological polar surface area (TPSA) is 12.0 Å². The number of fused-ring (bicyclic) bond motifs is 3. The summed E-state index contributed by atoms with van der Waals surface area (Å²) in [6.45, 7) is 7.95. The lowest BCUT2D eigenvalue weighted by molar-refractivity contribution is 0.111. The van der Waals surface area contributed by atoms with Crippen molar-refractivity contribution in [3.63, 3.8) is 0 Å². The zero-order valence-electron chi connectivity index (χ0n) is 11.6. The molecule has 0 aromatic heterocycles. The quantitative estimate of drug-likeness (QED) is 0.743. The van der Waals surface area contributed by atoms with Crippen LogP contribution in [0.15, 0.2) is 12.1 Å². The van der Waals surface area contributed by atoms with E-state index < -0.39 is 5.67 Å². The highest BCUT2D eigenvalue weighted by molar-refractivity contribution is 5.52. The number of benzene rings is 1. The highest BCUT2D eigenvalue weighted by Gasteiger charge is 2.50. The van der Waals surface area contributed by atoms with Crippen LogP contribution in [0, 0.1) is 0 Å². The van der Waals surface area contributed by atoms with Crippen LogP contribution in [0.25, 0.3) is 0 Å². The largest absolute Gasteiger partial charge is 0.316 e. The summed E-state index contributed by atoms with van der Waals surface area (Å²) >= 11 is 0. The summed E-state index contributed by atoms with van der Waals surface area (Å²) in [6.07, 6.45) is 2.68. The molecule has 18 heavy (non-hydrogen) atoms. The molecule has 1 aromatic rings. The molecule has 0 bridgehead atoms. The number of hydrogen-bond acceptors (Lipinski definition) is 1. The van der Waals surface area contributed by atoms with Gasteiger partial charge in [0.25, 0.3) is 0 Å². The average Bonchev–Trinajstić information content (AvgIpc) is 2.48. The van der Waals surface area contributed by atoms with E-state index in [1.807, 2.05) is 0 Å². The predicted molar refractivity (Wildman–Crippen MR) is 73.0 cm³/mol. The first-order chi connectivity index (χ1) is 8.43. The Hall–Kier alpha value is -0.890. The van der Waals surface area contributed by atoms with E-state index in [1.165, 1.54) is 22.3 Å². The van der Waals surface area contributed by atoms with Crippen molar-refractivity contribution in [3.8, 4) is 0 Å². The molecule has 1 nitrogen and oxygen atoms in total. The van der Waals surface area contributed by atoms with E-state index >= 15 is 0 Å². The Morgan fingerprint density at radius 1 is 1.06 bits per heavy atom. The van der Waals surface area contributed by atoms with E-state index in [0.717, 1.165) is 25.9 Å². The Morgan fingerprint density at radius 3 is 2.50 bits per heavy atom. The number of rotatable bonds is 0. The third-order valence-electron chi connectivity index (χ3n) is 5.07. The first-order valence-electron chi connectivity index (χ1n) is 6.97. The van der Waals surface area contributed by atoms with Crippen LogP contribution in [0.4, 0.5) is 4.39 Å². The van der Waals surface area contributed by atoms with Gasteiger partial charge in [0, 0.05) is 11.8 Å². The SMILES string of the molecule is CC1(F)Cc2ccc3c(c2C1(C)C)CCNCC3. The van der Waals surface area contributed by atoms with Crippen molar-refractivity contribution >= 4 is 0 Å². The molecular weight excluding hydrogens is 225 g/mol. The van der Waals surface area contributed by atoms with Crippen molar-refractivity contribution in [2.75, 3.05) is 13.1 Å². The van der Waals surface area contributed by atoms with Crippen LogP contribution in [0.5, 0.6) is 0 Å². The lowest BCUT2D eigenvalue weighted by Gasteiger charge is -2.33. The molecule has 0 fully saturated rings. The Labute approximate surface area is 109 Å². The molecule has 1 heterocycles. The smallest absolute Gasteiger partial charge is 0.121 e. The van der Waals surface area contributed by atoms with Crippen LogP contribution >= 0.6 is 0 Å². The Bertz CT molecular complexity index is 488. The van der Waals surface area contributed by atoms with Crippen LogP contribution in [0.1, 0.15) is 43.0 Å². The maximum absolute atomic E-state index is 14.8. The van der Waals surface area contributed by atoms with Crippen molar-refractivity contribution in [1.82, 2.24) is 5.32 Å². The molecule has 1 aliphatic carbocycles. The summed E-state index contributed by atoms with van der Waals surface area (Å²) in [4.78, 5) is 0.